The monoisotopic (exact) mass is 186 g/mol. The molecule has 1 aliphatic rings. The zero-order valence-corrected chi connectivity index (χ0v) is 8.03. The average molecular weight is 186 g/mol. The van der Waals surface area contributed by atoms with Gasteiger partial charge in [-0.15, -0.1) is 0 Å². The minimum atomic E-state index is -0.296. The van der Waals surface area contributed by atoms with Crippen LogP contribution in [0.2, 0.25) is 0 Å². The molecule has 0 aromatic carbocycles. The van der Waals surface area contributed by atoms with Crippen molar-refractivity contribution in [2.75, 3.05) is 5.32 Å². The number of nitrogens with one attached hydrogen (secondary N) is 1. The molecule has 1 radical (unpaired) electrons. The number of aromatic nitrogens is 2. The van der Waals surface area contributed by atoms with E-state index in [9.17, 15) is 4.79 Å². The number of fused-ring (bicyclic) bond motifs is 1. The predicted octanol–water partition coefficient (Wildman–Crippen LogP) is 0.241. The molecule has 0 saturated heterocycles. The molecule has 1 amide bonds. The number of carbonyl (C=O) groups is 1. The molecular formula is C9H9BN3O. The van der Waals surface area contributed by atoms with Gasteiger partial charge in [-0.1, -0.05) is 0 Å². The van der Waals surface area contributed by atoms with Crippen molar-refractivity contribution in [1.29, 1.82) is 0 Å². The summed E-state index contributed by atoms with van der Waals surface area (Å²) in [5, 5.41) is 2.59. The number of amides is 1. The molecule has 0 fully saturated rings. The second kappa shape index (κ2) is 3.01. The molecule has 4 nitrogen and oxygen atoms in total. The third-order valence-electron chi connectivity index (χ3n) is 2.09. The third kappa shape index (κ3) is 1.25. The molecule has 0 saturated carbocycles. The van der Waals surface area contributed by atoms with E-state index < -0.39 is 0 Å². The summed E-state index contributed by atoms with van der Waals surface area (Å²) in [5.74, 6) is 1.17. The van der Waals surface area contributed by atoms with Gasteiger partial charge in [-0.05, 0) is 0 Å². The molecule has 5 heteroatoms. The summed E-state index contributed by atoms with van der Waals surface area (Å²) in [7, 11) is 5.54. The van der Waals surface area contributed by atoms with Gasteiger partial charge in [0.2, 0.25) is 0 Å². The van der Waals surface area contributed by atoms with E-state index in [1.54, 1.807) is 6.20 Å². The Hall–Kier alpha value is -1.52. The Balaban J connectivity index is 2.49. The van der Waals surface area contributed by atoms with E-state index in [1.807, 2.05) is 13.8 Å². The van der Waals surface area contributed by atoms with Crippen LogP contribution in [0.1, 0.15) is 31.2 Å². The summed E-state index contributed by atoms with van der Waals surface area (Å²) in [4.78, 5) is 19.5. The van der Waals surface area contributed by atoms with Gasteiger partial charge in [-0.25, -0.2) is 0 Å². The van der Waals surface area contributed by atoms with Crippen molar-refractivity contribution in [1.82, 2.24) is 9.97 Å². The van der Waals surface area contributed by atoms with Gasteiger partial charge in [0.05, 0.1) is 0 Å². The molecule has 1 aliphatic heterocycles. The van der Waals surface area contributed by atoms with Crippen LogP contribution in [-0.2, 0) is 4.79 Å². The first kappa shape index (κ1) is 9.06. The van der Waals surface area contributed by atoms with Crippen molar-refractivity contribution in [3.8, 4) is 0 Å². The van der Waals surface area contributed by atoms with Gasteiger partial charge in [0.1, 0.15) is 0 Å². The summed E-state index contributed by atoms with van der Waals surface area (Å²) in [6, 6.07) is 0. The maximum atomic E-state index is 11.2. The number of hydrogen-bond acceptors (Lipinski definition) is 3. The first-order chi connectivity index (χ1) is 6.59. The van der Waals surface area contributed by atoms with Crippen molar-refractivity contribution >= 4 is 24.7 Å². The van der Waals surface area contributed by atoms with Gasteiger partial charge in [-0.2, -0.15) is 0 Å². The molecule has 2 rings (SSSR count). The number of carbonyl (C=O) groups excluding carboxylic acids is 1. The Morgan fingerprint density at radius 3 is 2.86 bits per heavy atom. The Morgan fingerprint density at radius 2 is 2.21 bits per heavy atom. The van der Waals surface area contributed by atoms with E-state index in [0.717, 1.165) is 0 Å². The quantitative estimate of drug-likeness (QED) is 0.639. The van der Waals surface area contributed by atoms with Crippen LogP contribution >= 0.6 is 0 Å². The predicted molar refractivity (Wildman–Crippen MR) is 54.6 cm³/mol. The second-order valence-electron chi connectivity index (χ2n) is 3.51. The molecule has 1 aromatic heterocycles. The average Bonchev–Trinajstić information content (AvgIpc) is 2.42. The number of anilines is 1. The first-order valence-corrected chi connectivity index (χ1v) is 4.40. The summed E-state index contributed by atoms with van der Waals surface area (Å²) < 4.78 is 0. The maximum absolute atomic E-state index is 11.2. The van der Waals surface area contributed by atoms with Crippen molar-refractivity contribution in [2.24, 2.45) is 0 Å². The number of rotatable bonds is 1. The van der Waals surface area contributed by atoms with Gasteiger partial charge in [0, 0.05) is 0 Å². The molecular weight excluding hydrogens is 177 g/mol. The van der Waals surface area contributed by atoms with Gasteiger partial charge in [-0.3, -0.25) is 0 Å². The topological polar surface area (TPSA) is 54.9 Å². The summed E-state index contributed by atoms with van der Waals surface area (Å²) in [5.41, 5.74) is 0.787. The Morgan fingerprint density at radius 1 is 1.50 bits per heavy atom. The van der Waals surface area contributed by atoms with Crippen LogP contribution in [0.15, 0.2) is 6.20 Å². The summed E-state index contributed by atoms with van der Waals surface area (Å²) in [6.45, 7) is 3.98. The molecule has 0 unspecified atom stereocenters. The molecule has 1 aromatic rings. The van der Waals surface area contributed by atoms with Crippen LogP contribution in [-0.4, -0.2) is 28.8 Å². The van der Waals surface area contributed by atoms with Crippen molar-refractivity contribution < 1.29 is 4.79 Å². The van der Waals surface area contributed by atoms with E-state index in [-0.39, 0.29) is 17.3 Å². The first-order valence-electron chi connectivity index (χ1n) is 4.40. The van der Waals surface area contributed by atoms with Crippen LogP contribution in [0, 0.1) is 0 Å². The van der Waals surface area contributed by atoms with Gasteiger partial charge in [0.25, 0.3) is 0 Å². The molecule has 0 spiro atoms. The Bertz CT molecular complexity index is 428. The van der Waals surface area contributed by atoms with Gasteiger partial charge < -0.3 is 0 Å². The molecule has 0 aliphatic carbocycles. The fourth-order valence-corrected chi connectivity index (χ4v) is 1.26. The summed E-state index contributed by atoms with van der Waals surface area (Å²) >= 11 is 0. The molecule has 0 atom stereocenters. The molecule has 14 heavy (non-hydrogen) atoms. The molecule has 69 valence electrons. The van der Waals surface area contributed by atoms with E-state index in [0.29, 0.717) is 17.2 Å². The van der Waals surface area contributed by atoms with E-state index >= 15 is 0 Å². The normalized spacial score (nSPS) is 14.4. The fourth-order valence-electron chi connectivity index (χ4n) is 1.26. The molecule has 0 bridgehead atoms. The van der Waals surface area contributed by atoms with Crippen LogP contribution in [0.3, 0.4) is 0 Å². The Kier molecular flexibility index (Phi) is 1.95. The van der Waals surface area contributed by atoms with Crippen molar-refractivity contribution in [3.05, 3.63) is 17.6 Å². The number of nitrogens with zero attached hydrogens (tertiary/aromatic N) is 2. The Labute approximate surface area is 82.8 Å². The van der Waals surface area contributed by atoms with Crippen molar-refractivity contribution in [2.45, 2.75) is 19.8 Å². The molecule has 1 N–H and O–H groups in total. The zero-order valence-electron chi connectivity index (χ0n) is 8.03. The van der Waals surface area contributed by atoms with Crippen LogP contribution in [0.4, 0.5) is 5.82 Å². The minimum absolute atomic E-state index is 0.190. The van der Waals surface area contributed by atoms with Crippen molar-refractivity contribution in [3.63, 3.8) is 0 Å². The number of hydrogen-bond donors (Lipinski definition) is 1. The van der Waals surface area contributed by atoms with Gasteiger partial charge >= 0.3 is 82.1 Å². The van der Waals surface area contributed by atoms with Crippen LogP contribution in [0.5, 0.6) is 0 Å². The van der Waals surface area contributed by atoms with E-state index in [4.69, 9.17) is 7.49 Å². The van der Waals surface area contributed by atoms with E-state index in [2.05, 4.69) is 15.3 Å². The zero-order chi connectivity index (χ0) is 10.3. The van der Waals surface area contributed by atoms with E-state index in [1.165, 1.54) is 0 Å². The SMILES string of the molecule is [B]=C1C(=O)Nc2nc(C(C)C)ncc21. The fraction of sp³-hybridized carbons (Fsp3) is 0.333. The van der Waals surface area contributed by atoms with Crippen LogP contribution < -0.4 is 5.32 Å². The van der Waals surface area contributed by atoms with Gasteiger partial charge in [0.15, 0.2) is 0 Å². The standard InChI is InChI=1S/C9H9BN3O/c1-4(2)7-11-3-5-6(10)9(14)13-8(5)12-7/h3-4H,1-2H3,(H,11,12,13,14). The summed E-state index contributed by atoms with van der Waals surface area (Å²) in [6.07, 6.45) is 1.59. The third-order valence-corrected chi connectivity index (χ3v) is 2.09. The van der Waals surface area contributed by atoms with Crippen LogP contribution in [0.25, 0.3) is 0 Å². The molecule has 2 heterocycles. The second-order valence-corrected chi connectivity index (χ2v) is 3.51.